The van der Waals surface area contributed by atoms with Crippen molar-refractivity contribution in [1.29, 1.82) is 0 Å². The molecule has 0 unspecified atom stereocenters. The molecular formula is C17H20N2O2S. The molecule has 2 heterocycles. The maximum absolute atomic E-state index is 12.6. The first kappa shape index (κ1) is 15.1. The van der Waals surface area contributed by atoms with E-state index >= 15 is 0 Å². The minimum atomic E-state index is 0.0385. The largest absolute Gasteiger partial charge is 0.395 e. The molecule has 1 aliphatic heterocycles. The molecule has 5 heteroatoms. The average molecular weight is 316 g/mol. The summed E-state index contributed by atoms with van der Waals surface area (Å²) in [4.78, 5) is 17.9. The van der Waals surface area contributed by atoms with Gasteiger partial charge < -0.3 is 14.9 Å². The van der Waals surface area contributed by atoms with Gasteiger partial charge in [0.05, 0.1) is 13.2 Å². The molecule has 0 fully saturated rings. The van der Waals surface area contributed by atoms with Crippen LogP contribution in [0.25, 0.3) is 0 Å². The minimum Gasteiger partial charge on any atom is -0.395 e. The number of amides is 1. The predicted octanol–water partition coefficient (Wildman–Crippen LogP) is 2.13. The second-order valence-electron chi connectivity index (χ2n) is 5.42. The molecule has 1 N–H and O–H groups in total. The van der Waals surface area contributed by atoms with Crippen LogP contribution >= 0.6 is 11.3 Å². The number of nitrogens with zero attached hydrogens (tertiary/aromatic N) is 2. The lowest BCUT2D eigenvalue weighted by Gasteiger charge is -2.30. The average Bonchev–Trinajstić information content (AvgIpc) is 3.02. The van der Waals surface area contributed by atoms with Gasteiger partial charge in [-0.3, -0.25) is 4.79 Å². The van der Waals surface area contributed by atoms with Gasteiger partial charge in [0, 0.05) is 30.2 Å². The zero-order valence-corrected chi connectivity index (χ0v) is 13.3. The Hall–Kier alpha value is -1.85. The van der Waals surface area contributed by atoms with Gasteiger partial charge in [-0.25, -0.2) is 0 Å². The molecule has 3 rings (SSSR count). The van der Waals surface area contributed by atoms with Gasteiger partial charge in [0.2, 0.25) is 5.91 Å². The number of benzene rings is 1. The van der Waals surface area contributed by atoms with Crippen molar-refractivity contribution in [2.75, 3.05) is 31.1 Å². The minimum absolute atomic E-state index is 0.0385. The number of aliphatic hydroxyl groups is 1. The molecular weight excluding hydrogens is 296 g/mol. The van der Waals surface area contributed by atoms with E-state index in [1.807, 2.05) is 40.1 Å². The fourth-order valence-electron chi connectivity index (χ4n) is 2.78. The van der Waals surface area contributed by atoms with E-state index in [1.165, 1.54) is 10.4 Å². The van der Waals surface area contributed by atoms with Crippen LogP contribution in [-0.4, -0.2) is 42.2 Å². The number of hydrogen-bond acceptors (Lipinski definition) is 4. The third-order valence-corrected chi connectivity index (χ3v) is 5.00. The number of rotatable bonds is 5. The molecule has 0 spiro atoms. The summed E-state index contributed by atoms with van der Waals surface area (Å²) in [7, 11) is 0. The van der Waals surface area contributed by atoms with Gasteiger partial charge in [-0.15, -0.1) is 11.3 Å². The standard InChI is InChI=1S/C17H20N2O2S/c20-10-9-18(15-4-2-1-3-5-15)13-17(21)19-8-6-16-14(12-19)7-11-22-16/h1-5,7,11,20H,6,8-10,12-13H2. The van der Waals surface area contributed by atoms with E-state index in [4.69, 9.17) is 0 Å². The highest BCUT2D eigenvalue weighted by molar-refractivity contribution is 7.10. The van der Waals surface area contributed by atoms with Crippen LogP contribution in [0.3, 0.4) is 0 Å². The second-order valence-corrected chi connectivity index (χ2v) is 6.42. The number of para-hydroxylation sites is 1. The van der Waals surface area contributed by atoms with Crippen molar-refractivity contribution < 1.29 is 9.90 Å². The number of hydrogen-bond donors (Lipinski definition) is 1. The highest BCUT2D eigenvalue weighted by Crippen LogP contribution is 2.24. The topological polar surface area (TPSA) is 43.8 Å². The van der Waals surface area contributed by atoms with Crippen LogP contribution in [0.4, 0.5) is 5.69 Å². The monoisotopic (exact) mass is 316 g/mol. The highest BCUT2D eigenvalue weighted by Gasteiger charge is 2.23. The zero-order valence-electron chi connectivity index (χ0n) is 12.4. The van der Waals surface area contributed by atoms with E-state index < -0.39 is 0 Å². The molecule has 1 aromatic carbocycles. The summed E-state index contributed by atoms with van der Waals surface area (Å²) in [5.41, 5.74) is 2.25. The predicted molar refractivity (Wildman–Crippen MR) is 89.2 cm³/mol. The van der Waals surface area contributed by atoms with Crippen molar-refractivity contribution >= 4 is 22.9 Å². The maximum atomic E-state index is 12.6. The van der Waals surface area contributed by atoms with Gasteiger partial charge in [-0.05, 0) is 35.6 Å². The van der Waals surface area contributed by atoms with E-state index in [-0.39, 0.29) is 12.5 Å². The van der Waals surface area contributed by atoms with Crippen LogP contribution in [-0.2, 0) is 17.8 Å². The van der Waals surface area contributed by atoms with Crippen LogP contribution in [0, 0.1) is 0 Å². The number of carbonyl (C=O) groups excluding carboxylic acids is 1. The van der Waals surface area contributed by atoms with Crippen LogP contribution in [0.5, 0.6) is 0 Å². The quantitative estimate of drug-likeness (QED) is 0.919. The first-order chi connectivity index (χ1) is 10.8. The third kappa shape index (κ3) is 3.31. The van der Waals surface area contributed by atoms with Crippen molar-refractivity contribution in [2.24, 2.45) is 0 Å². The molecule has 1 aliphatic rings. The number of thiophene rings is 1. The number of fused-ring (bicyclic) bond motifs is 1. The third-order valence-electron chi connectivity index (χ3n) is 3.98. The maximum Gasteiger partial charge on any atom is 0.242 e. The van der Waals surface area contributed by atoms with Crippen molar-refractivity contribution in [3.63, 3.8) is 0 Å². The summed E-state index contributed by atoms with van der Waals surface area (Å²) in [5, 5.41) is 11.4. The number of anilines is 1. The Morgan fingerprint density at radius 2 is 2.09 bits per heavy atom. The summed E-state index contributed by atoms with van der Waals surface area (Å²) in [5.74, 6) is 0.120. The molecule has 22 heavy (non-hydrogen) atoms. The summed E-state index contributed by atoms with van der Waals surface area (Å²) in [6.07, 6.45) is 0.948. The van der Waals surface area contributed by atoms with Crippen LogP contribution in [0.1, 0.15) is 10.4 Å². The summed E-state index contributed by atoms with van der Waals surface area (Å²) in [6.45, 7) is 2.31. The van der Waals surface area contributed by atoms with Crippen molar-refractivity contribution in [3.8, 4) is 0 Å². The SMILES string of the molecule is O=C(CN(CCO)c1ccccc1)N1CCc2sccc2C1. The van der Waals surface area contributed by atoms with Gasteiger partial charge >= 0.3 is 0 Å². The lowest BCUT2D eigenvalue weighted by molar-refractivity contribution is -0.130. The summed E-state index contributed by atoms with van der Waals surface area (Å²) in [6, 6.07) is 11.9. The second kappa shape index (κ2) is 6.94. The first-order valence-electron chi connectivity index (χ1n) is 7.52. The van der Waals surface area contributed by atoms with E-state index in [9.17, 15) is 9.90 Å². The van der Waals surface area contributed by atoms with Gasteiger partial charge in [0.1, 0.15) is 0 Å². The van der Waals surface area contributed by atoms with Gasteiger partial charge in [-0.2, -0.15) is 0 Å². The number of carbonyl (C=O) groups is 1. The summed E-state index contributed by atoms with van der Waals surface area (Å²) < 4.78 is 0. The van der Waals surface area contributed by atoms with Crippen molar-refractivity contribution in [1.82, 2.24) is 4.90 Å². The Morgan fingerprint density at radius 3 is 2.86 bits per heavy atom. The van der Waals surface area contributed by atoms with Gasteiger partial charge in [0.25, 0.3) is 0 Å². The Morgan fingerprint density at radius 1 is 1.27 bits per heavy atom. The van der Waals surface area contributed by atoms with Crippen LogP contribution in [0.15, 0.2) is 41.8 Å². The molecule has 0 saturated carbocycles. The van der Waals surface area contributed by atoms with E-state index in [0.717, 1.165) is 18.7 Å². The molecule has 0 bridgehead atoms. The highest BCUT2D eigenvalue weighted by atomic mass is 32.1. The van der Waals surface area contributed by atoms with Crippen LogP contribution < -0.4 is 4.90 Å². The fraction of sp³-hybridized carbons (Fsp3) is 0.353. The Balaban J connectivity index is 1.67. The molecule has 116 valence electrons. The van der Waals surface area contributed by atoms with Crippen LogP contribution in [0.2, 0.25) is 0 Å². The Bertz CT molecular complexity index is 627. The lowest BCUT2D eigenvalue weighted by atomic mass is 10.1. The molecule has 0 aliphatic carbocycles. The van der Waals surface area contributed by atoms with E-state index in [1.54, 1.807) is 11.3 Å². The Labute approximate surface area is 134 Å². The van der Waals surface area contributed by atoms with Gasteiger partial charge in [0.15, 0.2) is 0 Å². The molecule has 0 radical (unpaired) electrons. The summed E-state index contributed by atoms with van der Waals surface area (Å²) >= 11 is 1.78. The van der Waals surface area contributed by atoms with E-state index in [2.05, 4.69) is 11.4 Å². The van der Waals surface area contributed by atoms with Crippen molar-refractivity contribution in [3.05, 3.63) is 52.2 Å². The van der Waals surface area contributed by atoms with Gasteiger partial charge in [-0.1, -0.05) is 18.2 Å². The zero-order chi connectivity index (χ0) is 15.4. The fourth-order valence-corrected chi connectivity index (χ4v) is 3.67. The smallest absolute Gasteiger partial charge is 0.242 e. The molecule has 1 aromatic heterocycles. The molecule has 0 atom stereocenters. The first-order valence-corrected chi connectivity index (χ1v) is 8.40. The molecule has 0 saturated heterocycles. The van der Waals surface area contributed by atoms with E-state index in [0.29, 0.717) is 19.6 Å². The molecule has 1 amide bonds. The van der Waals surface area contributed by atoms with Crippen molar-refractivity contribution in [2.45, 2.75) is 13.0 Å². The number of aliphatic hydroxyl groups excluding tert-OH is 1. The lowest BCUT2D eigenvalue weighted by Crippen LogP contribution is -2.43. The normalized spacial score (nSPS) is 13.8. The Kier molecular flexibility index (Phi) is 4.75. The molecule has 2 aromatic rings. The molecule has 4 nitrogen and oxygen atoms in total.